The van der Waals surface area contributed by atoms with Crippen molar-refractivity contribution in [3.8, 4) is 0 Å². The van der Waals surface area contributed by atoms with Crippen molar-refractivity contribution < 1.29 is 4.84 Å². The molecule has 18 heavy (non-hydrogen) atoms. The summed E-state index contributed by atoms with van der Waals surface area (Å²) in [7, 11) is 1.54. The Bertz CT molecular complexity index is 526. The first kappa shape index (κ1) is 12.7. The number of halogens is 1. The predicted octanol–water partition coefficient (Wildman–Crippen LogP) is 2.83. The molecule has 92 valence electrons. The van der Waals surface area contributed by atoms with Crippen LogP contribution in [0.4, 0.5) is 0 Å². The second kappa shape index (κ2) is 6.26. The van der Waals surface area contributed by atoms with Crippen LogP contribution in [0.15, 0.2) is 52.5 Å². The normalized spacial score (nSPS) is 11.3. The van der Waals surface area contributed by atoms with Gasteiger partial charge < -0.3 is 4.84 Å². The van der Waals surface area contributed by atoms with Gasteiger partial charge in [-0.05, 0) is 17.7 Å². The maximum atomic E-state index is 4.89. The molecule has 0 radical (unpaired) electrons. The van der Waals surface area contributed by atoms with E-state index in [-0.39, 0.29) is 0 Å². The molecule has 2 rings (SSSR count). The van der Waals surface area contributed by atoms with Crippen LogP contribution in [0, 0.1) is 0 Å². The van der Waals surface area contributed by atoms with Crippen molar-refractivity contribution in [1.82, 2.24) is 9.97 Å². The summed E-state index contributed by atoms with van der Waals surface area (Å²) >= 11 is 3.41. The Balaban J connectivity index is 2.24. The molecule has 0 unspecified atom stereocenters. The molecule has 1 aromatic carbocycles. The van der Waals surface area contributed by atoms with E-state index in [2.05, 4.69) is 31.1 Å². The zero-order valence-corrected chi connectivity index (χ0v) is 11.5. The zero-order chi connectivity index (χ0) is 12.8. The lowest BCUT2D eigenvalue weighted by Crippen LogP contribution is -2.07. The Morgan fingerprint density at radius 1 is 1.28 bits per heavy atom. The third-order valence-electron chi connectivity index (χ3n) is 2.34. The van der Waals surface area contributed by atoms with Crippen molar-refractivity contribution >= 4 is 21.6 Å². The first-order chi connectivity index (χ1) is 8.79. The molecule has 0 atom stereocenters. The zero-order valence-electron chi connectivity index (χ0n) is 9.88. The lowest BCUT2D eigenvalue weighted by molar-refractivity contribution is 0.213. The van der Waals surface area contributed by atoms with Gasteiger partial charge in [-0.15, -0.1) is 0 Å². The van der Waals surface area contributed by atoms with Crippen LogP contribution in [0.3, 0.4) is 0 Å². The number of nitrogens with zero attached hydrogens (tertiary/aromatic N) is 3. The SMILES string of the molecule is CON=C(Cc1cnccn1)c1ccc(Br)cc1. The summed E-state index contributed by atoms with van der Waals surface area (Å²) in [5.41, 5.74) is 2.69. The van der Waals surface area contributed by atoms with Gasteiger partial charge in [0.25, 0.3) is 0 Å². The second-order valence-electron chi connectivity index (χ2n) is 3.60. The molecule has 1 heterocycles. The van der Waals surface area contributed by atoms with E-state index >= 15 is 0 Å². The molecule has 0 saturated carbocycles. The van der Waals surface area contributed by atoms with Gasteiger partial charge in [0.15, 0.2) is 0 Å². The van der Waals surface area contributed by atoms with E-state index in [1.807, 2.05) is 24.3 Å². The third kappa shape index (κ3) is 3.37. The van der Waals surface area contributed by atoms with Gasteiger partial charge in [-0.3, -0.25) is 9.97 Å². The van der Waals surface area contributed by atoms with E-state index in [0.29, 0.717) is 6.42 Å². The molecule has 0 N–H and O–H groups in total. The van der Waals surface area contributed by atoms with E-state index in [1.54, 1.807) is 18.6 Å². The van der Waals surface area contributed by atoms with Crippen molar-refractivity contribution in [2.45, 2.75) is 6.42 Å². The molecule has 1 aromatic heterocycles. The first-order valence-electron chi connectivity index (χ1n) is 5.40. The molecular weight excluding hydrogens is 294 g/mol. The van der Waals surface area contributed by atoms with Crippen molar-refractivity contribution in [2.24, 2.45) is 5.16 Å². The lowest BCUT2D eigenvalue weighted by Gasteiger charge is -2.05. The highest BCUT2D eigenvalue weighted by Crippen LogP contribution is 2.13. The fourth-order valence-corrected chi connectivity index (χ4v) is 1.80. The topological polar surface area (TPSA) is 47.4 Å². The average Bonchev–Trinajstić information content (AvgIpc) is 2.40. The maximum Gasteiger partial charge on any atom is 0.106 e. The number of hydrogen-bond acceptors (Lipinski definition) is 4. The van der Waals surface area contributed by atoms with Gasteiger partial charge in [0, 0.05) is 29.5 Å². The molecule has 0 spiro atoms. The van der Waals surface area contributed by atoms with Gasteiger partial charge in [-0.1, -0.05) is 33.2 Å². The average molecular weight is 306 g/mol. The smallest absolute Gasteiger partial charge is 0.106 e. The fraction of sp³-hybridized carbons (Fsp3) is 0.154. The fourth-order valence-electron chi connectivity index (χ4n) is 1.53. The summed E-state index contributed by atoms with van der Waals surface area (Å²) in [6.07, 6.45) is 5.63. The Morgan fingerprint density at radius 2 is 2.06 bits per heavy atom. The summed E-state index contributed by atoms with van der Waals surface area (Å²) in [6, 6.07) is 7.91. The van der Waals surface area contributed by atoms with Crippen LogP contribution in [0.1, 0.15) is 11.3 Å². The molecular formula is C13H12BrN3O. The van der Waals surface area contributed by atoms with E-state index in [0.717, 1.165) is 21.4 Å². The molecule has 0 amide bonds. The summed E-state index contributed by atoms with van der Waals surface area (Å²) in [6.45, 7) is 0. The van der Waals surface area contributed by atoms with Gasteiger partial charge in [0.2, 0.25) is 0 Å². The Labute approximate surface area is 114 Å². The molecule has 0 aliphatic heterocycles. The van der Waals surface area contributed by atoms with Gasteiger partial charge in [0.05, 0.1) is 11.4 Å². The van der Waals surface area contributed by atoms with Crippen molar-refractivity contribution in [3.05, 3.63) is 58.6 Å². The number of benzene rings is 1. The van der Waals surface area contributed by atoms with E-state index in [4.69, 9.17) is 4.84 Å². The molecule has 0 aliphatic rings. The minimum atomic E-state index is 0.587. The van der Waals surface area contributed by atoms with Gasteiger partial charge >= 0.3 is 0 Å². The highest BCUT2D eigenvalue weighted by molar-refractivity contribution is 9.10. The van der Waals surface area contributed by atoms with Crippen molar-refractivity contribution in [2.75, 3.05) is 7.11 Å². The van der Waals surface area contributed by atoms with Crippen LogP contribution in [0.25, 0.3) is 0 Å². The second-order valence-corrected chi connectivity index (χ2v) is 4.52. The Kier molecular flexibility index (Phi) is 4.41. The van der Waals surface area contributed by atoms with Crippen LogP contribution in [-0.4, -0.2) is 22.8 Å². The van der Waals surface area contributed by atoms with E-state index in [9.17, 15) is 0 Å². The molecule has 5 heteroatoms. The highest BCUT2D eigenvalue weighted by Gasteiger charge is 2.07. The highest BCUT2D eigenvalue weighted by atomic mass is 79.9. The standard InChI is InChI=1S/C13H12BrN3O/c1-18-17-13(8-12-9-15-6-7-16-12)10-2-4-11(14)5-3-10/h2-7,9H,8H2,1H3. The van der Waals surface area contributed by atoms with E-state index < -0.39 is 0 Å². The number of oxime groups is 1. The van der Waals surface area contributed by atoms with Crippen LogP contribution >= 0.6 is 15.9 Å². The molecule has 0 aliphatic carbocycles. The molecule has 0 saturated heterocycles. The largest absolute Gasteiger partial charge is 0.399 e. The Hall–Kier alpha value is -1.75. The summed E-state index contributed by atoms with van der Waals surface area (Å²) < 4.78 is 1.03. The molecule has 0 bridgehead atoms. The molecule has 2 aromatic rings. The van der Waals surface area contributed by atoms with E-state index in [1.165, 1.54) is 7.11 Å². The first-order valence-corrected chi connectivity index (χ1v) is 6.20. The van der Waals surface area contributed by atoms with Crippen LogP contribution < -0.4 is 0 Å². The van der Waals surface area contributed by atoms with Crippen molar-refractivity contribution in [3.63, 3.8) is 0 Å². The molecule has 0 fully saturated rings. The van der Waals surface area contributed by atoms with Gasteiger partial charge in [-0.25, -0.2) is 0 Å². The van der Waals surface area contributed by atoms with Crippen LogP contribution in [-0.2, 0) is 11.3 Å². The maximum absolute atomic E-state index is 4.89. The quantitative estimate of drug-likeness (QED) is 0.644. The van der Waals surface area contributed by atoms with Crippen molar-refractivity contribution in [1.29, 1.82) is 0 Å². The number of rotatable bonds is 4. The number of aromatic nitrogens is 2. The lowest BCUT2D eigenvalue weighted by atomic mass is 10.1. The van der Waals surface area contributed by atoms with Crippen LogP contribution in [0.2, 0.25) is 0 Å². The van der Waals surface area contributed by atoms with Gasteiger partial charge in [-0.2, -0.15) is 0 Å². The Morgan fingerprint density at radius 3 is 2.67 bits per heavy atom. The molecule has 4 nitrogen and oxygen atoms in total. The monoisotopic (exact) mass is 305 g/mol. The minimum Gasteiger partial charge on any atom is -0.399 e. The number of hydrogen-bond donors (Lipinski definition) is 0. The van der Waals surface area contributed by atoms with Gasteiger partial charge in [0.1, 0.15) is 7.11 Å². The summed E-state index contributed by atoms with van der Waals surface area (Å²) in [5, 5.41) is 4.05. The minimum absolute atomic E-state index is 0.587. The summed E-state index contributed by atoms with van der Waals surface area (Å²) in [5.74, 6) is 0. The third-order valence-corrected chi connectivity index (χ3v) is 2.87. The van der Waals surface area contributed by atoms with Crippen LogP contribution in [0.5, 0.6) is 0 Å². The predicted molar refractivity (Wildman–Crippen MR) is 73.4 cm³/mol. The summed E-state index contributed by atoms with van der Waals surface area (Å²) in [4.78, 5) is 13.2.